The van der Waals surface area contributed by atoms with Gasteiger partial charge in [-0.05, 0) is 25.1 Å². The predicted octanol–water partition coefficient (Wildman–Crippen LogP) is 3.18. The van der Waals surface area contributed by atoms with Crippen molar-refractivity contribution >= 4 is 5.97 Å². The Morgan fingerprint density at radius 2 is 1.82 bits per heavy atom. The third-order valence-corrected chi connectivity index (χ3v) is 4.99. The summed E-state index contributed by atoms with van der Waals surface area (Å²) >= 11 is 0. The molecule has 1 N–H and O–H groups in total. The van der Waals surface area contributed by atoms with Gasteiger partial charge in [-0.1, -0.05) is 36.4 Å². The zero-order valence-corrected chi connectivity index (χ0v) is 15.5. The Hall–Kier alpha value is -3.54. The van der Waals surface area contributed by atoms with Crippen LogP contribution in [0, 0.1) is 6.92 Å². The van der Waals surface area contributed by atoms with Gasteiger partial charge in [-0.2, -0.15) is 0 Å². The molecule has 0 saturated carbocycles. The quantitative estimate of drug-likeness (QED) is 0.707. The van der Waals surface area contributed by atoms with E-state index in [-0.39, 0.29) is 17.9 Å². The number of para-hydroxylation sites is 1. The number of benzene rings is 2. The van der Waals surface area contributed by atoms with Crippen molar-refractivity contribution in [2.24, 2.45) is 0 Å². The highest BCUT2D eigenvalue weighted by molar-refractivity contribution is 5.94. The zero-order chi connectivity index (χ0) is 19.8. The summed E-state index contributed by atoms with van der Waals surface area (Å²) in [5.41, 5.74) is 2.05. The van der Waals surface area contributed by atoms with Gasteiger partial charge in [0.15, 0.2) is 6.10 Å². The molecule has 1 aliphatic rings. The molecule has 142 valence electrons. The second kappa shape index (κ2) is 6.88. The summed E-state index contributed by atoms with van der Waals surface area (Å²) in [5.74, 6) is -0.0226. The molecule has 3 aromatic rings. The van der Waals surface area contributed by atoms with Gasteiger partial charge in [0.05, 0.1) is 19.2 Å². The molecule has 0 fully saturated rings. The van der Waals surface area contributed by atoms with Gasteiger partial charge in [0, 0.05) is 16.8 Å². The lowest BCUT2D eigenvalue weighted by Gasteiger charge is -2.18. The fraction of sp³-hybridized carbons (Fsp3) is 0.182. The number of ether oxygens (including phenoxy) is 2. The topological polar surface area (TPSA) is 77.8 Å². The summed E-state index contributed by atoms with van der Waals surface area (Å²) in [5, 5.41) is 10.5. The van der Waals surface area contributed by atoms with Crippen molar-refractivity contribution in [1.82, 2.24) is 4.57 Å². The van der Waals surface area contributed by atoms with Crippen LogP contribution in [-0.4, -0.2) is 22.8 Å². The van der Waals surface area contributed by atoms with Crippen LogP contribution in [0.3, 0.4) is 0 Å². The Balaban J connectivity index is 1.84. The van der Waals surface area contributed by atoms with Crippen LogP contribution in [0.5, 0.6) is 11.5 Å². The molecular formula is C22H19NO5. The SMILES string of the molecule is COc1ccccc1Cn1c(C)cc(O)c(C2OC(=O)c3ccccc32)c1=O. The van der Waals surface area contributed by atoms with Crippen molar-refractivity contribution in [3.63, 3.8) is 0 Å². The fourth-order valence-corrected chi connectivity index (χ4v) is 3.58. The van der Waals surface area contributed by atoms with E-state index < -0.39 is 17.6 Å². The molecule has 28 heavy (non-hydrogen) atoms. The van der Waals surface area contributed by atoms with Crippen LogP contribution >= 0.6 is 0 Å². The van der Waals surface area contributed by atoms with E-state index in [0.29, 0.717) is 22.6 Å². The molecule has 4 rings (SSSR count). The van der Waals surface area contributed by atoms with Gasteiger partial charge in [-0.3, -0.25) is 4.79 Å². The van der Waals surface area contributed by atoms with Gasteiger partial charge in [-0.15, -0.1) is 0 Å². The number of nitrogens with zero attached hydrogens (tertiary/aromatic N) is 1. The lowest BCUT2D eigenvalue weighted by Crippen LogP contribution is -2.28. The van der Waals surface area contributed by atoms with Crippen molar-refractivity contribution in [1.29, 1.82) is 0 Å². The molecule has 0 spiro atoms. The Morgan fingerprint density at radius 1 is 1.11 bits per heavy atom. The number of aromatic hydroxyl groups is 1. The van der Waals surface area contributed by atoms with Gasteiger partial charge in [0.2, 0.25) is 0 Å². The highest BCUT2D eigenvalue weighted by Crippen LogP contribution is 2.37. The average molecular weight is 377 g/mol. The van der Waals surface area contributed by atoms with Crippen LogP contribution in [0.1, 0.15) is 38.8 Å². The minimum atomic E-state index is -0.930. The van der Waals surface area contributed by atoms with Gasteiger partial charge in [0.1, 0.15) is 17.1 Å². The van der Waals surface area contributed by atoms with Crippen molar-refractivity contribution in [2.75, 3.05) is 7.11 Å². The molecule has 2 aromatic carbocycles. The summed E-state index contributed by atoms with van der Waals surface area (Å²) in [6.07, 6.45) is -0.930. The molecule has 0 radical (unpaired) electrons. The first kappa shape index (κ1) is 17.9. The highest BCUT2D eigenvalue weighted by Gasteiger charge is 2.36. The largest absolute Gasteiger partial charge is 0.507 e. The molecule has 1 aliphatic heterocycles. The number of esters is 1. The number of fused-ring (bicyclic) bond motifs is 1. The van der Waals surface area contributed by atoms with E-state index in [1.54, 1.807) is 42.9 Å². The van der Waals surface area contributed by atoms with Crippen LogP contribution in [0.25, 0.3) is 0 Å². The Bertz CT molecular complexity index is 1130. The summed E-state index contributed by atoms with van der Waals surface area (Å²) < 4.78 is 12.4. The Kier molecular flexibility index (Phi) is 4.39. The fourth-order valence-electron chi connectivity index (χ4n) is 3.58. The number of aryl methyl sites for hydroxylation is 1. The van der Waals surface area contributed by atoms with Crippen molar-refractivity contribution in [2.45, 2.75) is 19.6 Å². The standard InChI is InChI=1S/C22H19NO5/c1-13-11-17(24)19(20-15-8-4-5-9-16(15)22(26)28-20)21(25)23(13)12-14-7-3-6-10-18(14)27-2/h3-11,20,24H,12H2,1-2H3. The summed E-state index contributed by atoms with van der Waals surface area (Å²) in [6.45, 7) is 2.01. The normalized spacial score (nSPS) is 15.2. The van der Waals surface area contributed by atoms with Crippen LogP contribution < -0.4 is 10.3 Å². The molecule has 6 nitrogen and oxygen atoms in total. The third-order valence-electron chi connectivity index (χ3n) is 4.99. The summed E-state index contributed by atoms with van der Waals surface area (Å²) in [4.78, 5) is 25.5. The molecule has 1 aromatic heterocycles. The zero-order valence-electron chi connectivity index (χ0n) is 15.5. The maximum Gasteiger partial charge on any atom is 0.339 e. The molecule has 0 amide bonds. The van der Waals surface area contributed by atoms with Crippen LogP contribution in [-0.2, 0) is 11.3 Å². The van der Waals surface area contributed by atoms with Crippen molar-refractivity contribution < 1.29 is 19.4 Å². The second-order valence-corrected chi connectivity index (χ2v) is 6.66. The molecular weight excluding hydrogens is 358 g/mol. The first-order valence-corrected chi connectivity index (χ1v) is 8.86. The van der Waals surface area contributed by atoms with E-state index >= 15 is 0 Å². The number of methoxy groups -OCH3 is 1. The number of aromatic nitrogens is 1. The number of carbonyl (C=O) groups is 1. The van der Waals surface area contributed by atoms with Gasteiger partial charge >= 0.3 is 5.97 Å². The lowest BCUT2D eigenvalue weighted by molar-refractivity contribution is 0.0450. The average Bonchev–Trinajstić information content (AvgIpc) is 3.02. The van der Waals surface area contributed by atoms with Crippen LogP contribution in [0.4, 0.5) is 0 Å². The molecule has 6 heteroatoms. The molecule has 0 saturated heterocycles. The molecule has 0 aliphatic carbocycles. The minimum Gasteiger partial charge on any atom is -0.507 e. The minimum absolute atomic E-state index is 0.0544. The van der Waals surface area contributed by atoms with Crippen molar-refractivity contribution in [3.8, 4) is 11.5 Å². The number of hydrogen-bond acceptors (Lipinski definition) is 5. The van der Waals surface area contributed by atoms with Crippen LogP contribution in [0.2, 0.25) is 0 Å². The maximum absolute atomic E-state index is 13.3. The third kappa shape index (κ3) is 2.83. The maximum atomic E-state index is 13.3. The van der Waals surface area contributed by atoms with Gasteiger partial charge in [-0.25, -0.2) is 4.79 Å². The highest BCUT2D eigenvalue weighted by atomic mass is 16.5. The summed E-state index contributed by atoms with van der Waals surface area (Å²) in [6, 6.07) is 15.8. The van der Waals surface area contributed by atoms with E-state index in [9.17, 15) is 14.7 Å². The lowest BCUT2D eigenvalue weighted by atomic mass is 9.99. The smallest absolute Gasteiger partial charge is 0.339 e. The number of carbonyl (C=O) groups excluding carboxylic acids is 1. The summed E-state index contributed by atoms with van der Waals surface area (Å²) in [7, 11) is 1.58. The monoisotopic (exact) mass is 377 g/mol. The van der Waals surface area contributed by atoms with Crippen molar-refractivity contribution in [3.05, 3.63) is 92.9 Å². The van der Waals surface area contributed by atoms with E-state index in [1.807, 2.05) is 24.3 Å². The predicted molar refractivity (Wildman–Crippen MR) is 103 cm³/mol. The molecule has 2 heterocycles. The molecule has 1 unspecified atom stereocenters. The van der Waals surface area contributed by atoms with E-state index in [4.69, 9.17) is 9.47 Å². The Labute approximate surface area is 161 Å². The first-order valence-electron chi connectivity index (χ1n) is 8.86. The van der Waals surface area contributed by atoms with Crippen LogP contribution in [0.15, 0.2) is 59.4 Å². The number of pyridine rings is 1. The number of hydrogen-bond donors (Lipinski definition) is 1. The van der Waals surface area contributed by atoms with Gasteiger partial charge in [0.25, 0.3) is 5.56 Å². The second-order valence-electron chi connectivity index (χ2n) is 6.66. The van der Waals surface area contributed by atoms with E-state index in [0.717, 1.165) is 5.56 Å². The number of cyclic esters (lactones) is 1. The molecule has 1 atom stereocenters. The first-order chi connectivity index (χ1) is 13.5. The number of rotatable bonds is 4. The van der Waals surface area contributed by atoms with E-state index in [1.165, 1.54) is 6.07 Å². The van der Waals surface area contributed by atoms with E-state index in [2.05, 4.69) is 0 Å². The van der Waals surface area contributed by atoms with Gasteiger partial charge < -0.3 is 19.1 Å². The Morgan fingerprint density at radius 3 is 2.61 bits per heavy atom. The molecule has 0 bridgehead atoms.